The third kappa shape index (κ3) is 5.34. The van der Waals surface area contributed by atoms with E-state index < -0.39 is 0 Å². The van der Waals surface area contributed by atoms with Crippen LogP contribution in [0.15, 0.2) is 30.3 Å². The third-order valence-corrected chi connectivity index (χ3v) is 0.936. The molecule has 0 amide bonds. The molecule has 0 saturated heterocycles. The monoisotopic (exact) mass is 150 g/mol. The van der Waals surface area contributed by atoms with E-state index in [0.29, 0.717) is 0 Å². The van der Waals surface area contributed by atoms with Crippen LogP contribution in [-0.4, -0.2) is 6.29 Å². The minimum absolute atomic E-state index is 0.729. The molecule has 1 aromatic rings. The predicted octanol–water partition coefficient (Wildman–Crippen LogP) is 2.92. The van der Waals surface area contributed by atoms with Gasteiger partial charge in [0.15, 0.2) is 0 Å². The molecule has 0 spiro atoms. The molecule has 0 aliphatic rings. The Kier molecular flexibility index (Phi) is 6.30. The summed E-state index contributed by atoms with van der Waals surface area (Å²) in [6.45, 7) is 4.25. The van der Waals surface area contributed by atoms with E-state index in [2.05, 4.69) is 13.8 Å². The molecule has 1 nitrogen and oxygen atoms in total. The molecule has 0 saturated carbocycles. The van der Waals surface area contributed by atoms with Crippen LogP contribution < -0.4 is 0 Å². The number of carbonyl (C=O) groups excluding carboxylic acids is 1. The van der Waals surface area contributed by atoms with E-state index >= 15 is 0 Å². The minimum Gasteiger partial charge on any atom is -0.298 e. The Bertz CT molecular complexity index is 179. The topological polar surface area (TPSA) is 17.1 Å². The SMILES string of the molecule is CCC.O=Cc1ccccc1. The van der Waals surface area contributed by atoms with Crippen molar-refractivity contribution < 1.29 is 4.79 Å². The molecule has 0 bridgehead atoms. The van der Waals surface area contributed by atoms with Gasteiger partial charge in [-0.15, -0.1) is 0 Å². The Labute approximate surface area is 68.1 Å². The van der Waals surface area contributed by atoms with Crippen LogP contribution in [0.25, 0.3) is 0 Å². The lowest BCUT2D eigenvalue weighted by Gasteiger charge is -1.81. The molecule has 1 rings (SSSR count). The fraction of sp³-hybridized carbons (Fsp3) is 0.300. The fourth-order valence-corrected chi connectivity index (χ4v) is 0.532. The van der Waals surface area contributed by atoms with Crippen molar-refractivity contribution in [2.75, 3.05) is 0 Å². The van der Waals surface area contributed by atoms with Crippen molar-refractivity contribution in [3.8, 4) is 0 Å². The summed E-state index contributed by atoms with van der Waals surface area (Å²) in [5.74, 6) is 0. The smallest absolute Gasteiger partial charge is 0.150 e. The second-order valence-corrected chi connectivity index (χ2v) is 2.24. The highest BCUT2D eigenvalue weighted by atomic mass is 16.1. The zero-order chi connectivity index (χ0) is 8.53. The van der Waals surface area contributed by atoms with E-state index in [1.54, 1.807) is 12.1 Å². The van der Waals surface area contributed by atoms with E-state index in [0.717, 1.165) is 11.8 Å². The molecular weight excluding hydrogens is 136 g/mol. The first-order valence-electron chi connectivity index (χ1n) is 3.85. The van der Waals surface area contributed by atoms with Gasteiger partial charge in [0, 0.05) is 5.56 Å². The predicted molar refractivity (Wildman–Crippen MR) is 47.8 cm³/mol. The van der Waals surface area contributed by atoms with E-state index in [1.165, 1.54) is 6.42 Å². The normalized spacial score (nSPS) is 7.82. The summed E-state index contributed by atoms with van der Waals surface area (Å²) in [4.78, 5) is 10.0. The first-order chi connectivity index (χ1) is 5.35. The van der Waals surface area contributed by atoms with Crippen molar-refractivity contribution in [1.82, 2.24) is 0 Å². The van der Waals surface area contributed by atoms with Crippen LogP contribution in [0, 0.1) is 0 Å². The van der Waals surface area contributed by atoms with Gasteiger partial charge in [-0.1, -0.05) is 50.6 Å². The van der Waals surface area contributed by atoms with Gasteiger partial charge in [-0.25, -0.2) is 0 Å². The number of carbonyl (C=O) groups is 1. The second kappa shape index (κ2) is 7.00. The number of hydrogen-bond acceptors (Lipinski definition) is 1. The number of hydrogen-bond donors (Lipinski definition) is 0. The zero-order valence-electron chi connectivity index (χ0n) is 7.08. The van der Waals surface area contributed by atoms with Crippen molar-refractivity contribution in [2.24, 2.45) is 0 Å². The Morgan fingerprint density at radius 3 is 1.91 bits per heavy atom. The highest BCUT2D eigenvalue weighted by Crippen LogP contribution is 1.91. The molecule has 0 radical (unpaired) electrons. The van der Waals surface area contributed by atoms with Crippen molar-refractivity contribution in [1.29, 1.82) is 0 Å². The molecule has 1 heteroatoms. The summed E-state index contributed by atoms with van der Waals surface area (Å²) < 4.78 is 0. The summed E-state index contributed by atoms with van der Waals surface area (Å²) >= 11 is 0. The van der Waals surface area contributed by atoms with Crippen LogP contribution in [-0.2, 0) is 0 Å². The lowest BCUT2D eigenvalue weighted by Crippen LogP contribution is -1.73. The molecule has 1 aromatic carbocycles. The Morgan fingerprint density at radius 1 is 1.18 bits per heavy atom. The fourth-order valence-electron chi connectivity index (χ4n) is 0.532. The molecular formula is C10H14O. The van der Waals surface area contributed by atoms with Gasteiger partial charge in [0.1, 0.15) is 6.29 Å². The van der Waals surface area contributed by atoms with Crippen molar-refractivity contribution in [3.05, 3.63) is 35.9 Å². The largest absolute Gasteiger partial charge is 0.298 e. The summed E-state index contributed by atoms with van der Waals surface area (Å²) in [7, 11) is 0. The van der Waals surface area contributed by atoms with Gasteiger partial charge in [0.2, 0.25) is 0 Å². The summed E-state index contributed by atoms with van der Waals surface area (Å²) in [5.41, 5.74) is 0.729. The van der Waals surface area contributed by atoms with Gasteiger partial charge in [0.05, 0.1) is 0 Å². The van der Waals surface area contributed by atoms with Gasteiger partial charge in [-0.3, -0.25) is 4.79 Å². The van der Waals surface area contributed by atoms with E-state index in [4.69, 9.17) is 0 Å². The third-order valence-electron chi connectivity index (χ3n) is 0.936. The van der Waals surface area contributed by atoms with Crippen molar-refractivity contribution in [2.45, 2.75) is 20.3 Å². The molecule has 0 aromatic heterocycles. The summed E-state index contributed by atoms with van der Waals surface area (Å²) in [5, 5.41) is 0. The molecule has 0 unspecified atom stereocenters. The van der Waals surface area contributed by atoms with Crippen molar-refractivity contribution in [3.63, 3.8) is 0 Å². The van der Waals surface area contributed by atoms with Crippen LogP contribution in [0.2, 0.25) is 0 Å². The molecule has 0 atom stereocenters. The molecule has 0 aliphatic carbocycles. The number of benzene rings is 1. The molecule has 0 heterocycles. The Morgan fingerprint density at radius 2 is 1.64 bits per heavy atom. The highest BCUT2D eigenvalue weighted by Gasteiger charge is 1.79. The average molecular weight is 150 g/mol. The maximum atomic E-state index is 10.0. The Hall–Kier alpha value is -1.11. The lowest BCUT2D eigenvalue weighted by molar-refractivity contribution is 0.112. The van der Waals surface area contributed by atoms with Crippen LogP contribution in [0.1, 0.15) is 30.6 Å². The molecule has 0 aliphatic heterocycles. The van der Waals surface area contributed by atoms with E-state index in [-0.39, 0.29) is 0 Å². The molecule has 60 valence electrons. The molecule has 0 fully saturated rings. The van der Waals surface area contributed by atoms with Gasteiger partial charge in [-0.2, -0.15) is 0 Å². The maximum Gasteiger partial charge on any atom is 0.150 e. The van der Waals surface area contributed by atoms with E-state index in [9.17, 15) is 4.79 Å². The van der Waals surface area contributed by atoms with Gasteiger partial charge in [-0.05, 0) is 0 Å². The quantitative estimate of drug-likeness (QED) is 0.562. The average Bonchev–Trinajstić information content (AvgIpc) is 2.08. The first kappa shape index (κ1) is 9.89. The summed E-state index contributed by atoms with van der Waals surface area (Å²) in [6, 6.07) is 9.10. The molecule has 0 N–H and O–H groups in total. The first-order valence-corrected chi connectivity index (χ1v) is 3.85. The van der Waals surface area contributed by atoms with Crippen molar-refractivity contribution >= 4 is 6.29 Å². The maximum absolute atomic E-state index is 10.0. The van der Waals surface area contributed by atoms with E-state index in [1.807, 2.05) is 18.2 Å². The minimum atomic E-state index is 0.729. The van der Waals surface area contributed by atoms with Gasteiger partial charge in [0.25, 0.3) is 0 Å². The lowest BCUT2D eigenvalue weighted by atomic mass is 10.2. The van der Waals surface area contributed by atoms with Crippen LogP contribution in [0.5, 0.6) is 0 Å². The van der Waals surface area contributed by atoms with Crippen LogP contribution in [0.4, 0.5) is 0 Å². The van der Waals surface area contributed by atoms with Crippen LogP contribution in [0.3, 0.4) is 0 Å². The van der Waals surface area contributed by atoms with Gasteiger partial charge < -0.3 is 0 Å². The second-order valence-electron chi connectivity index (χ2n) is 2.24. The Balaban J connectivity index is 0.000000292. The van der Waals surface area contributed by atoms with Crippen LogP contribution >= 0.6 is 0 Å². The highest BCUT2D eigenvalue weighted by molar-refractivity contribution is 5.74. The number of aldehydes is 1. The summed E-state index contributed by atoms with van der Waals surface area (Å²) in [6.07, 6.45) is 2.08. The molecule has 11 heavy (non-hydrogen) atoms. The number of rotatable bonds is 1. The standard InChI is InChI=1S/C7H6O.C3H8/c8-6-7-4-2-1-3-5-7;1-3-2/h1-6H;3H2,1-2H3. The zero-order valence-corrected chi connectivity index (χ0v) is 7.08. The van der Waals surface area contributed by atoms with Gasteiger partial charge >= 0.3 is 0 Å².